The van der Waals surface area contributed by atoms with Gasteiger partial charge in [0.05, 0.1) is 23.7 Å². The van der Waals surface area contributed by atoms with Crippen molar-refractivity contribution in [2.75, 3.05) is 18.9 Å². The number of nitrogens with one attached hydrogen (secondary N) is 2. The van der Waals surface area contributed by atoms with E-state index in [9.17, 15) is 4.79 Å². The van der Waals surface area contributed by atoms with E-state index in [-0.39, 0.29) is 12.0 Å². The minimum atomic E-state index is 0.00568. The molecule has 24 heavy (non-hydrogen) atoms. The zero-order chi connectivity index (χ0) is 17.4. The maximum absolute atomic E-state index is 11.8. The molecular weight excluding hydrogens is 390 g/mol. The van der Waals surface area contributed by atoms with Gasteiger partial charge in [-0.3, -0.25) is 4.79 Å². The average Bonchev–Trinajstić information content (AvgIpc) is 3.02. The number of rotatable bonds is 9. The van der Waals surface area contributed by atoms with Crippen LogP contribution < -0.4 is 5.32 Å². The minimum absolute atomic E-state index is 0.00568. The van der Waals surface area contributed by atoms with Crippen molar-refractivity contribution in [1.29, 1.82) is 0 Å². The molecule has 0 aliphatic rings. The summed E-state index contributed by atoms with van der Waals surface area (Å²) in [6.45, 7) is 5.30. The van der Waals surface area contributed by atoms with Crippen LogP contribution in [0.2, 0.25) is 0 Å². The van der Waals surface area contributed by atoms with Gasteiger partial charge >= 0.3 is 0 Å². The average molecular weight is 412 g/mol. The van der Waals surface area contributed by atoms with Gasteiger partial charge in [-0.2, -0.15) is 0 Å². The number of H-pyrrole nitrogens is 1. The summed E-state index contributed by atoms with van der Waals surface area (Å²) in [6.07, 6.45) is 2.84. The lowest BCUT2D eigenvalue weighted by Gasteiger charge is -2.07. The molecule has 0 saturated carbocycles. The fraction of sp³-hybridized carbons (Fsp3) is 0.412. The molecule has 5 nitrogen and oxygen atoms in total. The van der Waals surface area contributed by atoms with Crippen molar-refractivity contribution in [3.63, 3.8) is 0 Å². The third-order valence-corrected chi connectivity index (χ3v) is 4.56. The Morgan fingerprint density at radius 3 is 2.83 bits per heavy atom. The number of aromatic amines is 1. The van der Waals surface area contributed by atoms with Gasteiger partial charge in [0.1, 0.15) is 0 Å². The van der Waals surface area contributed by atoms with Gasteiger partial charge in [-0.05, 0) is 38.0 Å². The van der Waals surface area contributed by atoms with Gasteiger partial charge in [-0.1, -0.05) is 39.8 Å². The molecule has 0 fully saturated rings. The Kier molecular flexibility index (Phi) is 7.81. The molecule has 130 valence electrons. The molecule has 0 unspecified atom stereocenters. The van der Waals surface area contributed by atoms with Gasteiger partial charge < -0.3 is 15.0 Å². The summed E-state index contributed by atoms with van der Waals surface area (Å²) in [5.74, 6) is 0.351. The Morgan fingerprint density at radius 2 is 2.12 bits per heavy atom. The molecule has 1 heterocycles. The fourth-order valence-corrected chi connectivity index (χ4v) is 2.90. The smallest absolute Gasteiger partial charge is 0.230 e. The molecule has 2 N–H and O–H groups in total. The van der Waals surface area contributed by atoms with Gasteiger partial charge in [0.25, 0.3) is 0 Å². The molecule has 0 aliphatic heterocycles. The van der Waals surface area contributed by atoms with Gasteiger partial charge in [0.2, 0.25) is 5.91 Å². The topological polar surface area (TPSA) is 67.0 Å². The Morgan fingerprint density at radius 1 is 1.38 bits per heavy atom. The zero-order valence-electron chi connectivity index (χ0n) is 13.8. The van der Waals surface area contributed by atoms with Crippen molar-refractivity contribution in [1.82, 2.24) is 15.3 Å². The highest BCUT2D eigenvalue weighted by Crippen LogP contribution is 2.22. The van der Waals surface area contributed by atoms with Crippen LogP contribution in [0, 0.1) is 0 Å². The van der Waals surface area contributed by atoms with E-state index in [0.29, 0.717) is 18.9 Å². The first-order valence-electron chi connectivity index (χ1n) is 7.86. The third kappa shape index (κ3) is 6.67. The Hall–Kier alpha value is -1.31. The minimum Gasteiger partial charge on any atom is -0.379 e. The SMILES string of the molecule is CC(C)OCCCNC(=O)CSc1ncc(-c2ccc(Br)cc2)[nH]1. The molecule has 2 rings (SSSR count). The van der Waals surface area contributed by atoms with Crippen LogP contribution >= 0.6 is 27.7 Å². The maximum atomic E-state index is 11.8. The van der Waals surface area contributed by atoms with Gasteiger partial charge in [0, 0.05) is 17.6 Å². The summed E-state index contributed by atoms with van der Waals surface area (Å²) < 4.78 is 6.47. The van der Waals surface area contributed by atoms with Crippen LogP contribution in [0.5, 0.6) is 0 Å². The van der Waals surface area contributed by atoms with E-state index in [1.54, 1.807) is 6.20 Å². The first-order chi connectivity index (χ1) is 11.5. The summed E-state index contributed by atoms with van der Waals surface area (Å²) >= 11 is 4.82. The lowest BCUT2D eigenvalue weighted by molar-refractivity contribution is -0.118. The summed E-state index contributed by atoms with van der Waals surface area (Å²) in [6, 6.07) is 7.99. The van der Waals surface area contributed by atoms with Crippen LogP contribution in [0.1, 0.15) is 20.3 Å². The van der Waals surface area contributed by atoms with E-state index in [1.165, 1.54) is 11.8 Å². The van der Waals surface area contributed by atoms with Crippen LogP contribution in [-0.4, -0.2) is 40.9 Å². The number of amides is 1. The molecule has 1 aromatic heterocycles. The number of hydrogen-bond acceptors (Lipinski definition) is 4. The molecule has 2 aromatic rings. The number of carbonyl (C=O) groups is 1. The van der Waals surface area contributed by atoms with Crippen molar-refractivity contribution in [3.05, 3.63) is 34.9 Å². The first kappa shape index (κ1) is 19.0. The van der Waals surface area contributed by atoms with Gasteiger partial charge in [0.15, 0.2) is 5.16 Å². The molecule has 0 bridgehead atoms. The van der Waals surface area contributed by atoms with Crippen molar-refractivity contribution < 1.29 is 9.53 Å². The molecule has 7 heteroatoms. The van der Waals surface area contributed by atoms with Crippen molar-refractivity contribution in [2.24, 2.45) is 0 Å². The second-order valence-electron chi connectivity index (χ2n) is 5.52. The zero-order valence-corrected chi connectivity index (χ0v) is 16.2. The lowest BCUT2D eigenvalue weighted by atomic mass is 10.2. The van der Waals surface area contributed by atoms with E-state index in [4.69, 9.17) is 4.74 Å². The molecule has 0 atom stereocenters. The Bertz CT molecular complexity index is 644. The number of imidazole rings is 1. The quantitative estimate of drug-likeness (QED) is 0.485. The van der Waals surface area contributed by atoms with E-state index in [1.807, 2.05) is 38.1 Å². The second kappa shape index (κ2) is 9.86. The predicted octanol–water partition coefficient (Wildman–Crippen LogP) is 3.86. The summed E-state index contributed by atoms with van der Waals surface area (Å²) in [5, 5.41) is 3.63. The number of thioether (sulfide) groups is 1. The van der Waals surface area contributed by atoms with E-state index in [2.05, 4.69) is 31.2 Å². The predicted molar refractivity (Wildman–Crippen MR) is 101 cm³/mol. The lowest BCUT2D eigenvalue weighted by Crippen LogP contribution is -2.27. The number of aromatic nitrogens is 2. The highest BCUT2D eigenvalue weighted by molar-refractivity contribution is 9.10. The normalized spacial score (nSPS) is 11.0. The first-order valence-corrected chi connectivity index (χ1v) is 9.64. The summed E-state index contributed by atoms with van der Waals surface area (Å²) in [4.78, 5) is 19.3. The van der Waals surface area contributed by atoms with Gasteiger partial charge in [-0.15, -0.1) is 0 Å². The van der Waals surface area contributed by atoms with Gasteiger partial charge in [-0.25, -0.2) is 4.98 Å². The standard InChI is InChI=1S/C17H22BrN3O2S/c1-12(2)23-9-3-8-19-16(22)11-24-17-20-10-15(21-17)13-4-6-14(18)7-5-13/h4-7,10,12H,3,8-9,11H2,1-2H3,(H,19,22)(H,20,21). The number of nitrogens with zero attached hydrogens (tertiary/aromatic N) is 1. The van der Waals surface area contributed by atoms with E-state index < -0.39 is 0 Å². The van der Waals surface area contributed by atoms with Crippen molar-refractivity contribution in [2.45, 2.75) is 31.5 Å². The number of halogens is 1. The number of hydrogen-bond donors (Lipinski definition) is 2. The molecule has 0 aliphatic carbocycles. The maximum Gasteiger partial charge on any atom is 0.230 e. The number of benzene rings is 1. The van der Waals surface area contributed by atoms with E-state index >= 15 is 0 Å². The largest absolute Gasteiger partial charge is 0.379 e. The molecule has 0 spiro atoms. The molecular formula is C17H22BrN3O2S. The van der Waals surface area contributed by atoms with Crippen LogP contribution in [0.4, 0.5) is 0 Å². The monoisotopic (exact) mass is 411 g/mol. The highest BCUT2D eigenvalue weighted by Gasteiger charge is 2.07. The molecule has 0 saturated heterocycles. The molecule has 0 radical (unpaired) electrons. The second-order valence-corrected chi connectivity index (χ2v) is 7.40. The molecule has 1 amide bonds. The van der Waals surface area contributed by atoms with Crippen molar-refractivity contribution in [3.8, 4) is 11.3 Å². The van der Waals surface area contributed by atoms with Crippen LogP contribution in [-0.2, 0) is 9.53 Å². The third-order valence-electron chi connectivity index (χ3n) is 3.14. The fourth-order valence-electron chi connectivity index (χ4n) is 1.96. The van der Waals surface area contributed by atoms with Crippen molar-refractivity contribution >= 4 is 33.6 Å². The van der Waals surface area contributed by atoms with Crippen LogP contribution in [0.15, 0.2) is 40.1 Å². The Balaban J connectivity index is 1.71. The number of carbonyl (C=O) groups excluding carboxylic acids is 1. The summed E-state index contributed by atoms with van der Waals surface area (Å²) in [7, 11) is 0. The van der Waals surface area contributed by atoms with Crippen LogP contribution in [0.25, 0.3) is 11.3 Å². The Labute approximate surface area is 155 Å². The van der Waals surface area contributed by atoms with E-state index in [0.717, 1.165) is 27.3 Å². The number of ether oxygens (including phenoxy) is 1. The highest BCUT2D eigenvalue weighted by atomic mass is 79.9. The van der Waals surface area contributed by atoms with Crippen LogP contribution in [0.3, 0.4) is 0 Å². The molecule has 1 aromatic carbocycles. The summed E-state index contributed by atoms with van der Waals surface area (Å²) in [5.41, 5.74) is 2.00.